The zero-order valence-electron chi connectivity index (χ0n) is 5.23. The van der Waals surface area contributed by atoms with E-state index in [0.29, 0.717) is 5.75 Å². The molecule has 5 heteroatoms. The molecule has 0 saturated heterocycles. The van der Waals surface area contributed by atoms with Crippen LogP contribution in [-0.2, 0) is 0 Å². The van der Waals surface area contributed by atoms with Gasteiger partial charge in [0.25, 0.3) is 0 Å². The number of hydrogen-bond acceptors (Lipinski definition) is 4. The summed E-state index contributed by atoms with van der Waals surface area (Å²) in [5.41, 5.74) is 0. The first-order chi connectivity index (χ1) is 4.75. The summed E-state index contributed by atoms with van der Waals surface area (Å²) >= 11 is 1.06. The lowest BCUT2D eigenvalue weighted by Crippen LogP contribution is -1.87. The molecule has 4 nitrogen and oxygen atoms in total. The van der Waals surface area contributed by atoms with Crippen LogP contribution in [0, 0.1) is 10.1 Å². The first-order valence-corrected chi connectivity index (χ1v) is 3.39. The molecule has 1 heterocycles. The normalized spacial score (nSPS) is 9.30. The van der Waals surface area contributed by atoms with E-state index < -0.39 is 4.92 Å². The van der Waals surface area contributed by atoms with Gasteiger partial charge in [-0.1, -0.05) is 11.3 Å². The van der Waals surface area contributed by atoms with Crippen LogP contribution in [0.2, 0.25) is 0 Å². The molecule has 0 aliphatic rings. The van der Waals surface area contributed by atoms with Gasteiger partial charge in [-0.2, -0.15) is 0 Å². The third-order valence-electron chi connectivity index (χ3n) is 0.996. The maximum absolute atomic E-state index is 10.2. The summed E-state index contributed by atoms with van der Waals surface area (Å²) in [6.45, 7) is 0. The Hall–Kier alpha value is -1.10. The van der Waals surface area contributed by atoms with Crippen molar-refractivity contribution >= 4 is 16.3 Å². The van der Waals surface area contributed by atoms with Crippen molar-refractivity contribution in [1.82, 2.24) is 0 Å². The minimum Gasteiger partial charge on any atom is -0.489 e. The zero-order chi connectivity index (χ0) is 7.56. The summed E-state index contributed by atoms with van der Waals surface area (Å²) in [6.07, 6.45) is 0. The molecule has 0 N–H and O–H groups in total. The summed E-state index contributed by atoms with van der Waals surface area (Å²) in [5.74, 6) is 0.329. The molecule has 0 spiro atoms. The average molecular weight is 159 g/mol. The molecule has 0 unspecified atom stereocenters. The van der Waals surface area contributed by atoms with Crippen molar-refractivity contribution in [2.45, 2.75) is 0 Å². The summed E-state index contributed by atoms with van der Waals surface area (Å²) in [4.78, 5) is 9.72. The number of nitro groups is 1. The number of rotatable bonds is 2. The Bertz CT molecular complexity index is 245. The minimum atomic E-state index is -0.455. The van der Waals surface area contributed by atoms with Crippen LogP contribution in [-0.4, -0.2) is 12.0 Å². The fourth-order valence-corrected chi connectivity index (χ4v) is 1.25. The van der Waals surface area contributed by atoms with Gasteiger partial charge in [-0.15, -0.1) is 0 Å². The molecule has 10 heavy (non-hydrogen) atoms. The first kappa shape index (κ1) is 7.01. The Morgan fingerprint density at radius 2 is 2.50 bits per heavy atom. The van der Waals surface area contributed by atoms with Crippen molar-refractivity contribution in [3.05, 3.63) is 21.6 Å². The fraction of sp³-hybridized carbons (Fsp3) is 0.200. The van der Waals surface area contributed by atoms with Crippen molar-refractivity contribution in [3.63, 3.8) is 0 Å². The van der Waals surface area contributed by atoms with Crippen LogP contribution in [0.1, 0.15) is 0 Å². The van der Waals surface area contributed by atoms with Gasteiger partial charge >= 0.3 is 5.00 Å². The highest BCUT2D eigenvalue weighted by Gasteiger charge is 2.14. The number of ether oxygens (including phenoxy) is 1. The Balaban J connectivity index is 3.01. The zero-order valence-corrected chi connectivity index (χ0v) is 6.05. The molecule has 54 valence electrons. The molecular weight excluding hydrogens is 154 g/mol. The van der Waals surface area contributed by atoms with Gasteiger partial charge in [-0.3, -0.25) is 10.1 Å². The van der Waals surface area contributed by atoms with Gasteiger partial charge in [0.2, 0.25) is 5.75 Å². The van der Waals surface area contributed by atoms with E-state index in [0.717, 1.165) is 11.3 Å². The van der Waals surface area contributed by atoms with Gasteiger partial charge in [0.1, 0.15) is 0 Å². The van der Waals surface area contributed by atoms with Crippen LogP contribution in [0.5, 0.6) is 5.75 Å². The van der Waals surface area contributed by atoms with Crippen molar-refractivity contribution in [1.29, 1.82) is 0 Å². The Morgan fingerprint density at radius 3 is 2.90 bits per heavy atom. The lowest BCUT2D eigenvalue weighted by atomic mass is 10.6. The SMILES string of the molecule is COc1ccsc1[N+](=O)[O-]. The summed E-state index contributed by atoms with van der Waals surface area (Å²) in [7, 11) is 1.41. The van der Waals surface area contributed by atoms with Crippen LogP contribution in [0.3, 0.4) is 0 Å². The molecule has 0 aliphatic heterocycles. The number of methoxy groups -OCH3 is 1. The van der Waals surface area contributed by atoms with E-state index in [9.17, 15) is 10.1 Å². The monoisotopic (exact) mass is 159 g/mol. The van der Waals surface area contributed by atoms with Crippen LogP contribution in [0.25, 0.3) is 0 Å². The Kier molecular flexibility index (Phi) is 1.86. The van der Waals surface area contributed by atoms with Crippen molar-refractivity contribution < 1.29 is 9.66 Å². The van der Waals surface area contributed by atoms with E-state index in [2.05, 4.69) is 0 Å². The molecule has 0 fully saturated rings. The van der Waals surface area contributed by atoms with E-state index in [1.165, 1.54) is 7.11 Å². The number of nitrogens with zero attached hydrogens (tertiary/aromatic N) is 1. The van der Waals surface area contributed by atoms with Crippen LogP contribution in [0.4, 0.5) is 5.00 Å². The average Bonchev–Trinajstić information content (AvgIpc) is 2.33. The molecule has 0 amide bonds. The standard InChI is InChI=1S/C5H5NO3S/c1-9-4-2-3-10-5(4)6(7)8/h2-3H,1H3. The van der Waals surface area contributed by atoms with E-state index in [1.54, 1.807) is 11.4 Å². The van der Waals surface area contributed by atoms with Crippen molar-refractivity contribution in [2.75, 3.05) is 7.11 Å². The lowest BCUT2D eigenvalue weighted by Gasteiger charge is -1.91. The molecule has 0 bridgehead atoms. The Labute approximate surface area is 61.2 Å². The van der Waals surface area contributed by atoms with Gasteiger partial charge in [0, 0.05) is 5.38 Å². The molecule has 0 radical (unpaired) electrons. The third kappa shape index (κ3) is 1.08. The van der Waals surface area contributed by atoms with Crippen LogP contribution < -0.4 is 4.74 Å². The highest BCUT2D eigenvalue weighted by atomic mass is 32.1. The molecular formula is C5H5NO3S. The van der Waals surface area contributed by atoms with Crippen molar-refractivity contribution in [3.8, 4) is 5.75 Å². The molecule has 0 saturated carbocycles. The van der Waals surface area contributed by atoms with Gasteiger partial charge in [-0.05, 0) is 6.07 Å². The van der Waals surface area contributed by atoms with Gasteiger partial charge in [0.05, 0.1) is 12.0 Å². The van der Waals surface area contributed by atoms with Crippen LogP contribution >= 0.6 is 11.3 Å². The second-order valence-electron chi connectivity index (χ2n) is 1.55. The molecule has 1 rings (SSSR count). The summed E-state index contributed by atoms with van der Waals surface area (Å²) in [6, 6.07) is 1.57. The summed E-state index contributed by atoms with van der Waals surface area (Å²) in [5, 5.41) is 11.9. The number of hydrogen-bond donors (Lipinski definition) is 0. The van der Waals surface area contributed by atoms with Crippen molar-refractivity contribution in [2.24, 2.45) is 0 Å². The molecule has 0 aromatic carbocycles. The van der Waals surface area contributed by atoms with E-state index in [1.807, 2.05) is 0 Å². The predicted molar refractivity (Wildman–Crippen MR) is 37.5 cm³/mol. The second-order valence-corrected chi connectivity index (χ2v) is 2.45. The Morgan fingerprint density at radius 1 is 1.80 bits per heavy atom. The van der Waals surface area contributed by atoms with E-state index >= 15 is 0 Å². The molecule has 1 aromatic heterocycles. The van der Waals surface area contributed by atoms with Crippen LogP contribution in [0.15, 0.2) is 11.4 Å². The highest BCUT2D eigenvalue weighted by Crippen LogP contribution is 2.32. The minimum absolute atomic E-state index is 0.0579. The topological polar surface area (TPSA) is 52.4 Å². The second kappa shape index (κ2) is 2.66. The highest BCUT2D eigenvalue weighted by molar-refractivity contribution is 7.13. The van der Waals surface area contributed by atoms with Gasteiger partial charge < -0.3 is 4.74 Å². The maximum Gasteiger partial charge on any atom is 0.365 e. The number of thiophene rings is 1. The predicted octanol–water partition coefficient (Wildman–Crippen LogP) is 1.66. The van der Waals surface area contributed by atoms with Gasteiger partial charge in [0.15, 0.2) is 0 Å². The van der Waals surface area contributed by atoms with Gasteiger partial charge in [-0.25, -0.2) is 0 Å². The lowest BCUT2D eigenvalue weighted by molar-refractivity contribution is -0.381. The fourth-order valence-electron chi connectivity index (χ4n) is 0.578. The largest absolute Gasteiger partial charge is 0.489 e. The molecule has 0 aliphatic carbocycles. The summed E-state index contributed by atoms with van der Waals surface area (Å²) < 4.78 is 4.72. The smallest absolute Gasteiger partial charge is 0.365 e. The van der Waals surface area contributed by atoms with E-state index in [4.69, 9.17) is 4.74 Å². The first-order valence-electron chi connectivity index (χ1n) is 2.51. The maximum atomic E-state index is 10.2. The quantitative estimate of drug-likeness (QED) is 0.487. The molecule has 0 atom stereocenters. The molecule has 1 aromatic rings. The third-order valence-corrected chi connectivity index (χ3v) is 1.84. The van der Waals surface area contributed by atoms with E-state index in [-0.39, 0.29) is 5.00 Å².